The maximum atomic E-state index is 10.7. The molecule has 0 fully saturated rings. The first kappa shape index (κ1) is 14.0. The van der Waals surface area contributed by atoms with Gasteiger partial charge in [0.1, 0.15) is 0 Å². The molecule has 3 heteroatoms. The molecule has 1 aromatic rings. The molecule has 2 nitrogen and oxygen atoms in total. The van der Waals surface area contributed by atoms with Crippen LogP contribution in [0.1, 0.15) is 24.5 Å². The van der Waals surface area contributed by atoms with E-state index in [4.69, 9.17) is 5.11 Å². The number of allylic oxidation sites excluding steroid dienone is 1. The molecule has 0 aliphatic heterocycles. The van der Waals surface area contributed by atoms with E-state index in [9.17, 15) is 4.79 Å². The van der Waals surface area contributed by atoms with Crippen LogP contribution in [-0.2, 0) is 11.2 Å². The number of carbonyl (C=O) groups is 1. The van der Waals surface area contributed by atoms with Gasteiger partial charge in [-0.2, -0.15) is 0 Å². The van der Waals surface area contributed by atoms with Crippen molar-refractivity contribution in [3.8, 4) is 0 Å². The van der Waals surface area contributed by atoms with Crippen molar-refractivity contribution in [3.05, 3.63) is 41.5 Å². The molecular formula is C14H18O2S. The summed E-state index contributed by atoms with van der Waals surface area (Å²) in [6, 6.07) is 8.14. The summed E-state index contributed by atoms with van der Waals surface area (Å²) in [7, 11) is 0. The molecule has 0 unspecified atom stereocenters. The van der Waals surface area contributed by atoms with Gasteiger partial charge in [0, 0.05) is 19.3 Å². The van der Waals surface area contributed by atoms with Gasteiger partial charge in [-0.3, -0.25) is 4.79 Å². The lowest BCUT2D eigenvalue weighted by atomic mass is 10.1. The molecule has 0 aliphatic rings. The highest BCUT2D eigenvalue weighted by atomic mass is 32.2. The lowest BCUT2D eigenvalue weighted by Gasteiger charge is -1.98. The quantitative estimate of drug-likeness (QED) is 0.789. The minimum absolute atomic E-state index is 0.173. The molecule has 0 bridgehead atoms. The Bertz CT molecular complexity index is 368. The Balaban J connectivity index is 2.35. The van der Waals surface area contributed by atoms with Gasteiger partial charge in [-0.25, -0.2) is 0 Å². The first-order valence-electron chi connectivity index (χ1n) is 5.72. The van der Waals surface area contributed by atoms with Crippen LogP contribution in [0.2, 0.25) is 0 Å². The van der Waals surface area contributed by atoms with Gasteiger partial charge in [-0.15, -0.1) is 0 Å². The molecule has 0 aromatic heterocycles. The fourth-order valence-electron chi connectivity index (χ4n) is 1.41. The van der Waals surface area contributed by atoms with Gasteiger partial charge in [0.2, 0.25) is 0 Å². The molecule has 0 amide bonds. The van der Waals surface area contributed by atoms with Crippen LogP contribution in [0, 0.1) is 0 Å². The van der Waals surface area contributed by atoms with E-state index in [0.717, 1.165) is 23.3 Å². The number of aliphatic hydroxyl groups excluding tert-OH is 1. The summed E-state index contributed by atoms with van der Waals surface area (Å²) in [6.07, 6.45) is 5.75. The summed E-state index contributed by atoms with van der Waals surface area (Å²) in [5, 5.41) is 8.96. The number of benzene rings is 1. The third kappa shape index (κ3) is 6.29. The van der Waals surface area contributed by atoms with E-state index >= 15 is 0 Å². The highest BCUT2D eigenvalue weighted by Crippen LogP contribution is 2.09. The molecule has 0 atom stereocenters. The minimum atomic E-state index is 0.173. The molecule has 0 radical (unpaired) electrons. The summed E-state index contributed by atoms with van der Waals surface area (Å²) in [5.74, 6) is 0.842. The third-order valence-corrected chi connectivity index (χ3v) is 3.13. The Morgan fingerprint density at radius 3 is 2.65 bits per heavy atom. The number of aliphatic hydroxyl groups is 1. The van der Waals surface area contributed by atoms with Crippen LogP contribution in [0.25, 0.3) is 6.08 Å². The summed E-state index contributed by atoms with van der Waals surface area (Å²) in [4.78, 5) is 10.7. The Morgan fingerprint density at radius 2 is 2.06 bits per heavy atom. The van der Waals surface area contributed by atoms with E-state index in [-0.39, 0.29) is 11.7 Å². The van der Waals surface area contributed by atoms with Crippen LogP contribution in [0.5, 0.6) is 0 Å². The zero-order chi connectivity index (χ0) is 12.5. The van der Waals surface area contributed by atoms with Crippen molar-refractivity contribution < 1.29 is 9.90 Å². The largest absolute Gasteiger partial charge is 0.396 e. The van der Waals surface area contributed by atoms with Crippen LogP contribution >= 0.6 is 11.8 Å². The van der Waals surface area contributed by atoms with Gasteiger partial charge < -0.3 is 5.11 Å². The molecule has 0 aliphatic carbocycles. The highest BCUT2D eigenvalue weighted by Gasteiger charge is 1.93. The number of rotatable bonds is 6. The summed E-state index contributed by atoms with van der Waals surface area (Å²) in [5.41, 5.74) is 2.30. The number of hydrogen-bond donors (Lipinski definition) is 1. The first-order valence-corrected chi connectivity index (χ1v) is 6.70. The third-order valence-electron chi connectivity index (χ3n) is 2.28. The smallest absolute Gasteiger partial charge is 0.185 e. The van der Waals surface area contributed by atoms with Crippen molar-refractivity contribution in [2.75, 3.05) is 12.4 Å². The molecular weight excluding hydrogens is 232 g/mol. The molecule has 1 aromatic carbocycles. The second-order valence-electron chi connectivity index (χ2n) is 3.75. The van der Waals surface area contributed by atoms with Crippen molar-refractivity contribution >= 4 is 23.0 Å². The number of thioether (sulfide) groups is 1. The fourth-order valence-corrected chi connectivity index (χ4v) is 1.96. The van der Waals surface area contributed by atoms with Gasteiger partial charge in [0.15, 0.2) is 5.12 Å². The lowest BCUT2D eigenvalue weighted by molar-refractivity contribution is -0.109. The Kier molecular flexibility index (Phi) is 6.67. The Morgan fingerprint density at radius 1 is 1.35 bits per heavy atom. The van der Waals surface area contributed by atoms with Gasteiger partial charge in [-0.05, 0) is 24.0 Å². The predicted molar refractivity (Wildman–Crippen MR) is 74.0 cm³/mol. The minimum Gasteiger partial charge on any atom is -0.396 e. The van der Waals surface area contributed by atoms with Crippen molar-refractivity contribution in [1.29, 1.82) is 0 Å². The van der Waals surface area contributed by atoms with E-state index in [2.05, 4.69) is 12.2 Å². The van der Waals surface area contributed by atoms with E-state index in [1.165, 1.54) is 11.8 Å². The number of hydrogen-bond acceptors (Lipinski definition) is 3. The fraction of sp³-hybridized carbons (Fsp3) is 0.357. The van der Waals surface area contributed by atoms with Crippen molar-refractivity contribution in [3.63, 3.8) is 0 Å². The van der Waals surface area contributed by atoms with E-state index in [0.29, 0.717) is 6.42 Å². The Labute approximate surface area is 107 Å². The maximum Gasteiger partial charge on any atom is 0.185 e. The SMILES string of the molecule is CC(=O)SCCC=Cc1ccc(CCO)cc1. The number of carbonyl (C=O) groups excluding carboxylic acids is 1. The van der Waals surface area contributed by atoms with Crippen molar-refractivity contribution in [2.24, 2.45) is 0 Å². The normalized spacial score (nSPS) is 10.9. The summed E-state index contributed by atoms with van der Waals surface area (Å²) >= 11 is 1.36. The average Bonchev–Trinajstić information content (AvgIpc) is 2.31. The average molecular weight is 250 g/mol. The van der Waals surface area contributed by atoms with E-state index in [1.54, 1.807) is 6.92 Å². The molecule has 17 heavy (non-hydrogen) atoms. The molecule has 0 saturated heterocycles. The second kappa shape index (κ2) is 8.09. The highest BCUT2D eigenvalue weighted by molar-refractivity contribution is 8.13. The van der Waals surface area contributed by atoms with Crippen LogP contribution < -0.4 is 0 Å². The zero-order valence-electron chi connectivity index (χ0n) is 10.1. The molecule has 1 N–H and O–H groups in total. The van der Waals surface area contributed by atoms with E-state index in [1.807, 2.05) is 24.3 Å². The van der Waals surface area contributed by atoms with Crippen LogP contribution in [0.4, 0.5) is 0 Å². The van der Waals surface area contributed by atoms with Crippen LogP contribution in [-0.4, -0.2) is 22.6 Å². The maximum absolute atomic E-state index is 10.7. The molecule has 0 heterocycles. The van der Waals surface area contributed by atoms with Gasteiger partial charge >= 0.3 is 0 Å². The topological polar surface area (TPSA) is 37.3 Å². The van der Waals surface area contributed by atoms with Gasteiger partial charge in [0.05, 0.1) is 0 Å². The van der Waals surface area contributed by atoms with Gasteiger partial charge in [0.25, 0.3) is 0 Å². The molecule has 92 valence electrons. The predicted octanol–water partition coefficient (Wildman–Crippen LogP) is 2.90. The summed E-state index contributed by atoms with van der Waals surface area (Å²) < 4.78 is 0. The van der Waals surface area contributed by atoms with Gasteiger partial charge in [-0.1, -0.05) is 48.2 Å². The second-order valence-corrected chi connectivity index (χ2v) is 5.02. The Hall–Kier alpha value is -1.06. The van der Waals surface area contributed by atoms with Crippen molar-refractivity contribution in [2.45, 2.75) is 19.8 Å². The van der Waals surface area contributed by atoms with Crippen LogP contribution in [0.3, 0.4) is 0 Å². The van der Waals surface area contributed by atoms with Crippen molar-refractivity contribution in [1.82, 2.24) is 0 Å². The first-order chi connectivity index (χ1) is 8.22. The molecule has 0 spiro atoms. The van der Waals surface area contributed by atoms with Crippen LogP contribution in [0.15, 0.2) is 30.3 Å². The lowest BCUT2D eigenvalue weighted by Crippen LogP contribution is -1.89. The molecule has 0 saturated carbocycles. The zero-order valence-corrected chi connectivity index (χ0v) is 10.9. The monoisotopic (exact) mass is 250 g/mol. The van der Waals surface area contributed by atoms with E-state index < -0.39 is 0 Å². The summed E-state index contributed by atoms with van der Waals surface area (Å²) in [6.45, 7) is 1.78. The molecule has 1 rings (SSSR count). The standard InChI is InChI=1S/C14H18O2S/c1-12(16)17-11-3-2-4-13-5-7-14(8-6-13)9-10-15/h2,4-8,15H,3,9-11H2,1H3.